The van der Waals surface area contributed by atoms with Crippen LogP contribution in [0.2, 0.25) is 0 Å². The van der Waals surface area contributed by atoms with E-state index in [0.717, 1.165) is 25.7 Å². The predicted molar refractivity (Wildman–Crippen MR) is 96.6 cm³/mol. The van der Waals surface area contributed by atoms with E-state index in [1.807, 2.05) is 4.90 Å². The molecule has 0 aromatic heterocycles. The van der Waals surface area contributed by atoms with Crippen LogP contribution in [0.15, 0.2) is 0 Å². The third-order valence-electron chi connectivity index (χ3n) is 5.52. The topological polar surface area (TPSA) is 96.0 Å². The van der Waals surface area contributed by atoms with Crippen LogP contribution in [0.4, 0.5) is 0 Å². The van der Waals surface area contributed by atoms with Gasteiger partial charge in [-0.3, -0.25) is 9.69 Å². The summed E-state index contributed by atoms with van der Waals surface area (Å²) in [5.41, 5.74) is 0.227. The summed E-state index contributed by atoms with van der Waals surface area (Å²) in [7, 11) is -4.46. The molecular formula is C18H32NO6S-. The maximum Gasteiger partial charge on any atom is 0.309 e. The highest BCUT2D eigenvalue weighted by atomic mass is 32.2. The zero-order valence-electron chi connectivity index (χ0n) is 16.1. The minimum absolute atomic E-state index is 0.199. The average molecular weight is 391 g/mol. The molecule has 1 saturated carbocycles. The van der Waals surface area contributed by atoms with Crippen molar-refractivity contribution in [3.05, 3.63) is 0 Å². The quantitative estimate of drug-likeness (QED) is 0.502. The molecule has 2 fully saturated rings. The lowest BCUT2D eigenvalue weighted by molar-refractivity contribution is -0.156. The molecule has 0 spiro atoms. The number of hydrogen-bond acceptors (Lipinski definition) is 7. The zero-order valence-corrected chi connectivity index (χ0v) is 16.9. The van der Waals surface area contributed by atoms with Crippen molar-refractivity contribution >= 4 is 16.1 Å². The number of ether oxygens (including phenoxy) is 2. The molecule has 1 unspecified atom stereocenters. The van der Waals surface area contributed by atoms with Crippen LogP contribution in [0, 0.1) is 17.3 Å². The Hall–Kier alpha value is -0.700. The van der Waals surface area contributed by atoms with Gasteiger partial charge in [-0.15, -0.1) is 0 Å². The van der Waals surface area contributed by atoms with E-state index in [9.17, 15) is 17.8 Å². The molecule has 2 rings (SSSR count). The van der Waals surface area contributed by atoms with Gasteiger partial charge in [0.2, 0.25) is 0 Å². The molecule has 1 aliphatic heterocycles. The van der Waals surface area contributed by atoms with Crippen LogP contribution in [-0.2, 0) is 24.4 Å². The molecule has 0 bridgehead atoms. The van der Waals surface area contributed by atoms with Gasteiger partial charge in [-0.05, 0) is 37.0 Å². The van der Waals surface area contributed by atoms with Crippen LogP contribution in [-0.4, -0.2) is 68.5 Å². The molecule has 1 heterocycles. The van der Waals surface area contributed by atoms with E-state index >= 15 is 0 Å². The monoisotopic (exact) mass is 390 g/mol. The number of morpholine rings is 1. The Morgan fingerprint density at radius 3 is 2.27 bits per heavy atom. The van der Waals surface area contributed by atoms with Gasteiger partial charge >= 0.3 is 5.97 Å². The first-order valence-corrected chi connectivity index (χ1v) is 11.1. The van der Waals surface area contributed by atoms with Gasteiger partial charge in [0.25, 0.3) is 0 Å². The Morgan fingerprint density at radius 1 is 1.19 bits per heavy atom. The SMILES string of the molecule is CC(C)(C)C1CCC(C(=O)OC(CN2CCOCC2)CS(=O)(=O)[O-])CC1. The van der Waals surface area contributed by atoms with Gasteiger partial charge in [0.05, 0.1) is 35.0 Å². The maximum absolute atomic E-state index is 12.5. The summed E-state index contributed by atoms with van der Waals surface area (Å²) in [5.74, 6) is -0.653. The van der Waals surface area contributed by atoms with Crippen LogP contribution in [0.25, 0.3) is 0 Å². The first kappa shape index (κ1) is 21.6. The van der Waals surface area contributed by atoms with E-state index in [2.05, 4.69) is 20.8 Å². The van der Waals surface area contributed by atoms with E-state index in [1.54, 1.807) is 0 Å². The fraction of sp³-hybridized carbons (Fsp3) is 0.944. The van der Waals surface area contributed by atoms with Crippen LogP contribution in [0.1, 0.15) is 46.5 Å². The molecule has 0 aromatic rings. The van der Waals surface area contributed by atoms with Gasteiger partial charge in [-0.25, -0.2) is 8.42 Å². The van der Waals surface area contributed by atoms with Crippen molar-refractivity contribution in [2.75, 3.05) is 38.6 Å². The normalized spacial score (nSPS) is 27.1. The Morgan fingerprint density at radius 2 is 1.77 bits per heavy atom. The first-order valence-electron chi connectivity index (χ1n) is 9.49. The summed E-state index contributed by atoms with van der Waals surface area (Å²) in [4.78, 5) is 14.5. The molecule has 8 heteroatoms. The third kappa shape index (κ3) is 7.13. The number of carbonyl (C=O) groups excluding carboxylic acids is 1. The van der Waals surface area contributed by atoms with Crippen LogP contribution >= 0.6 is 0 Å². The molecule has 7 nitrogen and oxygen atoms in total. The minimum atomic E-state index is -4.46. The van der Waals surface area contributed by atoms with Gasteiger partial charge in [0, 0.05) is 19.6 Å². The second-order valence-electron chi connectivity index (χ2n) is 8.61. The standard InChI is InChI=1S/C18H33NO6S/c1-18(2,3)15-6-4-14(5-7-15)17(20)25-16(13-26(21,22)23)12-19-8-10-24-11-9-19/h14-16H,4-13H2,1-3H3,(H,21,22,23)/p-1. The molecule has 26 heavy (non-hydrogen) atoms. The van der Waals surface area contributed by atoms with Gasteiger partial charge in [-0.1, -0.05) is 20.8 Å². The molecule has 0 amide bonds. The Bertz CT molecular complexity index is 557. The fourth-order valence-electron chi connectivity index (χ4n) is 3.88. The minimum Gasteiger partial charge on any atom is -0.748 e. The van der Waals surface area contributed by atoms with Crippen molar-refractivity contribution in [1.29, 1.82) is 0 Å². The van der Waals surface area contributed by atoms with Gasteiger partial charge in [0.1, 0.15) is 6.10 Å². The summed E-state index contributed by atoms with van der Waals surface area (Å²) in [6.07, 6.45) is 2.54. The maximum atomic E-state index is 12.5. The summed E-state index contributed by atoms with van der Waals surface area (Å²) < 4.78 is 44.4. The number of hydrogen-bond donors (Lipinski definition) is 0. The van der Waals surface area contributed by atoms with Crippen molar-refractivity contribution < 1.29 is 27.2 Å². The summed E-state index contributed by atoms with van der Waals surface area (Å²) in [6.45, 7) is 9.31. The molecule has 152 valence electrons. The Kier molecular flexibility index (Phi) is 7.47. The molecule has 0 radical (unpaired) electrons. The van der Waals surface area contributed by atoms with E-state index in [0.29, 0.717) is 32.2 Å². The third-order valence-corrected chi connectivity index (χ3v) is 6.30. The van der Waals surface area contributed by atoms with E-state index in [1.165, 1.54) is 0 Å². The summed E-state index contributed by atoms with van der Waals surface area (Å²) in [6, 6.07) is 0. The Labute approximate surface area is 157 Å². The van der Waals surface area contributed by atoms with E-state index < -0.39 is 22.0 Å². The highest BCUT2D eigenvalue weighted by Gasteiger charge is 2.34. The van der Waals surface area contributed by atoms with Crippen molar-refractivity contribution in [2.45, 2.75) is 52.6 Å². The second-order valence-corrected chi connectivity index (χ2v) is 10.1. The fourth-order valence-corrected chi connectivity index (χ4v) is 4.51. The molecule has 2 aliphatic rings. The smallest absolute Gasteiger partial charge is 0.309 e. The molecule has 1 saturated heterocycles. The van der Waals surface area contributed by atoms with Crippen LogP contribution in [0.3, 0.4) is 0 Å². The number of nitrogens with zero attached hydrogens (tertiary/aromatic N) is 1. The van der Waals surface area contributed by atoms with Crippen molar-refractivity contribution in [3.63, 3.8) is 0 Å². The number of esters is 1. The lowest BCUT2D eigenvalue weighted by atomic mass is 9.70. The lowest BCUT2D eigenvalue weighted by Gasteiger charge is -2.37. The largest absolute Gasteiger partial charge is 0.748 e. The number of carbonyl (C=O) groups is 1. The highest BCUT2D eigenvalue weighted by Crippen LogP contribution is 2.40. The molecule has 1 aliphatic carbocycles. The first-order chi connectivity index (χ1) is 12.0. The Balaban J connectivity index is 1.90. The molecular weight excluding hydrogens is 358 g/mol. The summed E-state index contributed by atoms with van der Waals surface area (Å²) >= 11 is 0. The van der Waals surface area contributed by atoms with Gasteiger partial charge < -0.3 is 14.0 Å². The molecule has 1 atom stereocenters. The average Bonchev–Trinajstić information content (AvgIpc) is 2.53. The van der Waals surface area contributed by atoms with Gasteiger partial charge in [0.15, 0.2) is 0 Å². The molecule has 0 N–H and O–H groups in total. The zero-order chi connectivity index (χ0) is 19.4. The van der Waals surface area contributed by atoms with Crippen molar-refractivity contribution in [2.24, 2.45) is 17.3 Å². The lowest BCUT2D eigenvalue weighted by Crippen LogP contribution is -2.45. The van der Waals surface area contributed by atoms with Crippen LogP contribution < -0.4 is 0 Å². The summed E-state index contributed by atoms with van der Waals surface area (Å²) in [5, 5.41) is 0. The van der Waals surface area contributed by atoms with Crippen LogP contribution in [0.5, 0.6) is 0 Å². The van der Waals surface area contributed by atoms with E-state index in [-0.39, 0.29) is 23.8 Å². The number of rotatable bonds is 6. The van der Waals surface area contributed by atoms with Crippen molar-refractivity contribution in [3.8, 4) is 0 Å². The van der Waals surface area contributed by atoms with Crippen molar-refractivity contribution in [1.82, 2.24) is 4.90 Å². The molecule has 0 aromatic carbocycles. The van der Waals surface area contributed by atoms with Gasteiger partial charge in [-0.2, -0.15) is 0 Å². The second kappa shape index (κ2) is 8.99. The predicted octanol–water partition coefficient (Wildman–Crippen LogP) is 1.63. The highest BCUT2D eigenvalue weighted by molar-refractivity contribution is 7.85. The van der Waals surface area contributed by atoms with E-state index in [4.69, 9.17) is 9.47 Å².